The number of carbonyl (C=O) groups is 1. The average Bonchev–Trinajstić information content (AvgIpc) is 2.67. The van der Waals surface area contributed by atoms with Gasteiger partial charge in [-0.1, -0.05) is 12.1 Å². The first-order valence-corrected chi connectivity index (χ1v) is 8.52. The highest BCUT2D eigenvalue weighted by atomic mass is 16.5. The van der Waals surface area contributed by atoms with E-state index in [2.05, 4.69) is 4.98 Å². The Kier molecular flexibility index (Phi) is 5.45. The Morgan fingerprint density at radius 3 is 2.33 bits per heavy atom. The molecule has 0 saturated heterocycles. The summed E-state index contributed by atoms with van der Waals surface area (Å²) < 4.78 is 22.1. The predicted octanol–water partition coefficient (Wildman–Crippen LogP) is 4.61. The third-order valence-corrected chi connectivity index (χ3v) is 3.88. The number of nitrogens with zero attached hydrogens (tertiary/aromatic N) is 1. The van der Waals surface area contributed by atoms with E-state index >= 15 is 0 Å². The van der Waals surface area contributed by atoms with Gasteiger partial charge in [0.1, 0.15) is 17.1 Å². The monoisotopic (exact) mass is 367 g/mol. The Morgan fingerprint density at radius 2 is 1.63 bits per heavy atom. The molecule has 140 valence electrons. The first-order valence-electron chi connectivity index (χ1n) is 8.52. The predicted molar refractivity (Wildman–Crippen MR) is 102 cm³/mol. The second-order valence-electron chi connectivity index (χ2n) is 6.09. The van der Waals surface area contributed by atoms with Gasteiger partial charge in [0.15, 0.2) is 11.5 Å². The van der Waals surface area contributed by atoms with Crippen molar-refractivity contribution in [2.75, 3.05) is 14.2 Å². The summed E-state index contributed by atoms with van der Waals surface area (Å²) in [5.74, 6) is 1.67. The number of ether oxygens (including phenoxy) is 4. The number of esters is 1. The molecule has 0 spiro atoms. The molecule has 0 atom stereocenters. The molecular formula is C21H21NO5. The van der Waals surface area contributed by atoms with Crippen molar-refractivity contribution in [3.63, 3.8) is 0 Å². The molecule has 0 bridgehead atoms. The number of fused-ring (bicyclic) bond motifs is 1. The van der Waals surface area contributed by atoms with E-state index in [4.69, 9.17) is 18.9 Å². The molecule has 0 amide bonds. The molecule has 6 heteroatoms. The quantitative estimate of drug-likeness (QED) is 0.593. The summed E-state index contributed by atoms with van der Waals surface area (Å²) in [6.45, 7) is 3.61. The normalized spacial score (nSPS) is 10.7. The van der Waals surface area contributed by atoms with Crippen LogP contribution in [0, 0.1) is 0 Å². The number of methoxy groups -OCH3 is 2. The highest BCUT2D eigenvalue weighted by molar-refractivity contribution is 5.93. The second-order valence-corrected chi connectivity index (χ2v) is 6.09. The number of pyridine rings is 1. The van der Waals surface area contributed by atoms with Gasteiger partial charge in [-0.15, -0.1) is 0 Å². The average molecular weight is 367 g/mol. The summed E-state index contributed by atoms with van der Waals surface area (Å²) in [5, 5.41) is 0.738. The largest absolute Gasteiger partial charge is 0.493 e. The van der Waals surface area contributed by atoms with Gasteiger partial charge >= 0.3 is 5.97 Å². The molecular weight excluding hydrogens is 346 g/mol. The van der Waals surface area contributed by atoms with Crippen LogP contribution in [0.2, 0.25) is 0 Å². The van der Waals surface area contributed by atoms with E-state index in [9.17, 15) is 4.79 Å². The Hall–Kier alpha value is -3.28. The molecule has 2 aromatic carbocycles. The number of hydrogen-bond donors (Lipinski definition) is 0. The van der Waals surface area contributed by atoms with Crippen LogP contribution in [0.5, 0.6) is 23.0 Å². The van der Waals surface area contributed by atoms with Crippen molar-refractivity contribution >= 4 is 16.9 Å². The lowest BCUT2D eigenvalue weighted by atomic mass is 10.1. The van der Waals surface area contributed by atoms with E-state index in [0.29, 0.717) is 34.1 Å². The molecule has 0 fully saturated rings. The second kappa shape index (κ2) is 7.95. The lowest BCUT2D eigenvalue weighted by Gasteiger charge is -2.14. The van der Waals surface area contributed by atoms with Crippen molar-refractivity contribution in [3.05, 3.63) is 54.2 Å². The third kappa shape index (κ3) is 3.95. The number of benzene rings is 2. The summed E-state index contributed by atoms with van der Waals surface area (Å²) in [4.78, 5) is 16.7. The van der Waals surface area contributed by atoms with E-state index in [-0.39, 0.29) is 6.10 Å². The fourth-order valence-corrected chi connectivity index (χ4v) is 2.66. The van der Waals surface area contributed by atoms with Crippen molar-refractivity contribution in [1.29, 1.82) is 0 Å². The molecule has 0 radical (unpaired) electrons. The molecule has 0 unspecified atom stereocenters. The van der Waals surface area contributed by atoms with Crippen LogP contribution in [0.3, 0.4) is 0 Å². The van der Waals surface area contributed by atoms with E-state index in [1.54, 1.807) is 76.7 Å². The van der Waals surface area contributed by atoms with E-state index in [1.165, 1.54) is 0 Å². The minimum absolute atomic E-state index is 0.218. The van der Waals surface area contributed by atoms with Crippen LogP contribution in [-0.4, -0.2) is 31.3 Å². The molecule has 3 rings (SSSR count). The van der Waals surface area contributed by atoms with Crippen molar-refractivity contribution in [2.45, 2.75) is 20.0 Å². The number of carbonyl (C=O) groups excluding carboxylic acids is 1. The van der Waals surface area contributed by atoms with Gasteiger partial charge in [0.25, 0.3) is 0 Å². The van der Waals surface area contributed by atoms with Crippen LogP contribution in [0.4, 0.5) is 0 Å². The number of rotatable bonds is 6. The fourth-order valence-electron chi connectivity index (χ4n) is 2.66. The van der Waals surface area contributed by atoms with Gasteiger partial charge in [-0.3, -0.25) is 4.98 Å². The smallest absolute Gasteiger partial charge is 0.342 e. The Morgan fingerprint density at radius 1 is 0.926 bits per heavy atom. The Balaban J connectivity index is 2.04. The molecule has 0 N–H and O–H groups in total. The van der Waals surface area contributed by atoms with Crippen molar-refractivity contribution in [1.82, 2.24) is 4.98 Å². The zero-order valence-electron chi connectivity index (χ0n) is 15.7. The first-order chi connectivity index (χ1) is 13.0. The maximum atomic E-state index is 12.4. The molecule has 1 heterocycles. The van der Waals surface area contributed by atoms with Gasteiger partial charge in [0.2, 0.25) is 0 Å². The van der Waals surface area contributed by atoms with Crippen LogP contribution < -0.4 is 14.2 Å². The lowest BCUT2D eigenvalue weighted by Crippen LogP contribution is -2.12. The van der Waals surface area contributed by atoms with Crippen molar-refractivity contribution < 1.29 is 23.7 Å². The van der Waals surface area contributed by atoms with Crippen LogP contribution in [0.15, 0.2) is 48.7 Å². The summed E-state index contributed by atoms with van der Waals surface area (Å²) in [5.41, 5.74) is 1.05. The van der Waals surface area contributed by atoms with Gasteiger partial charge in [-0.2, -0.15) is 0 Å². The zero-order valence-corrected chi connectivity index (χ0v) is 15.7. The Bertz CT molecular complexity index is 968. The minimum atomic E-state index is -0.432. The lowest BCUT2D eigenvalue weighted by molar-refractivity contribution is 0.0375. The minimum Gasteiger partial charge on any atom is -0.493 e. The van der Waals surface area contributed by atoms with Crippen LogP contribution in [0.1, 0.15) is 24.2 Å². The maximum Gasteiger partial charge on any atom is 0.342 e. The summed E-state index contributed by atoms with van der Waals surface area (Å²) >= 11 is 0. The Labute approximate surface area is 157 Å². The number of aromatic nitrogens is 1. The molecule has 0 aliphatic rings. The summed E-state index contributed by atoms with van der Waals surface area (Å²) in [7, 11) is 3.14. The summed E-state index contributed by atoms with van der Waals surface area (Å²) in [6.07, 6.45) is 1.42. The molecule has 0 aliphatic carbocycles. The maximum absolute atomic E-state index is 12.4. The van der Waals surface area contributed by atoms with Crippen LogP contribution >= 0.6 is 0 Å². The van der Waals surface area contributed by atoms with Gasteiger partial charge in [-0.05, 0) is 38.1 Å². The highest BCUT2D eigenvalue weighted by Gasteiger charge is 2.17. The SMILES string of the molecule is COc1cc2nccc(Oc3ccccc3C(=O)OC(C)C)c2cc1OC. The molecule has 3 aromatic rings. The third-order valence-electron chi connectivity index (χ3n) is 3.88. The topological polar surface area (TPSA) is 66.9 Å². The zero-order chi connectivity index (χ0) is 19.4. The fraction of sp³-hybridized carbons (Fsp3) is 0.238. The van der Waals surface area contributed by atoms with Crippen molar-refractivity contribution in [3.8, 4) is 23.0 Å². The van der Waals surface area contributed by atoms with Crippen molar-refractivity contribution in [2.24, 2.45) is 0 Å². The van der Waals surface area contributed by atoms with E-state index < -0.39 is 5.97 Å². The standard InChI is InChI=1S/C21H21NO5/c1-13(2)26-21(23)14-7-5-6-8-17(14)27-18-9-10-22-16-12-20(25-4)19(24-3)11-15(16)18/h5-13H,1-4H3. The van der Waals surface area contributed by atoms with Crippen LogP contribution in [0.25, 0.3) is 10.9 Å². The van der Waals surface area contributed by atoms with Gasteiger partial charge < -0.3 is 18.9 Å². The van der Waals surface area contributed by atoms with Gasteiger partial charge in [0, 0.05) is 17.6 Å². The van der Waals surface area contributed by atoms with E-state index in [1.807, 2.05) is 0 Å². The van der Waals surface area contributed by atoms with Crippen LogP contribution in [-0.2, 0) is 4.74 Å². The summed E-state index contributed by atoms with van der Waals surface area (Å²) in [6, 6.07) is 12.3. The van der Waals surface area contributed by atoms with Gasteiger partial charge in [0.05, 0.1) is 25.8 Å². The molecule has 0 aliphatic heterocycles. The van der Waals surface area contributed by atoms with E-state index in [0.717, 1.165) is 5.39 Å². The molecule has 27 heavy (non-hydrogen) atoms. The highest BCUT2D eigenvalue weighted by Crippen LogP contribution is 2.37. The van der Waals surface area contributed by atoms with Gasteiger partial charge in [-0.25, -0.2) is 4.79 Å². The molecule has 1 aromatic heterocycles. The molecule has 6 nitrogen and oxygen atoms in total. The number of para-hydroxylation sites is 1. The number of hydrogen-bond acceptors (Lipinski definition) is 6. The first kappa shape index (κ1) is 18.5. The molecule has 0 saturated carbocycles.